The summed E-state index contributed by atoms with van der Waals surface area (Å²) >= 11 is 0. The minimum absolute atomic E-state index is 0.0405. The third-order valence-electron chi connectivity index (χ3n) is 4.25. The van der Waals surface area contributed by atoms with E-state index < -0.39 is 0 Å². The number of likely N-dealkylation sites (tertiary alicyclic amines) is 1. The van der Waals surface area contributed by atoms with E-state index >= 15 is 0 Å². The van der Waals surface area contributed by atoms with E-state index in [0.717, 1.165) is 30.8 Å². The molecule has 5 heteroatoms. The molecule has 5 nitrogen and oxygen atoms in total. The van der Waals surface area contributed by atoms with Crippen LogP contribution in [0.15, 0.2) is 29.2 Å². The molecule has 1 fully saturated rings. The molecule has 1 aliphatic heterocycles. The van der Waals surface area contributed by atoms with Gasteiger partial charge in [-0.3, -0.25) is 14.1 Å². The van der Waals surface area contributed by atoms with Crippen LogP contribution >= 0.6 is 0 Å². The average Bonchev–Trinajstić information content (AvgIpc) is 2.86. The highest BCUT2D eigenvalue weighted by Gasteiger charge is 2.26. The van der Waals surface area contributed by atoms with E-state index in [1.54, 1.807) is 16.7 Å². The quantitative estimate of drug-likeness (QED) is 0.922. The van der Waals surface area contributed by atoms with Crippen LogP contribution in [0.2, 0.25) is 0 Å². The van der Waals surface area contributed by atoms with Crippen molar-refractivity contribution in [3.05, 3.63) is 46.0 Å². The van der Waals surface area contributed by atoms with Gasteiger partial charge in [-0.25, -0.2) is 4.98 Å². The maximum absolute atomic E-state index is 12.1. The molecule has 2 atom stereocenters. The van der Waals surface area contributed by atoms with Crippen molar-refractivity contribution in [2.75, 3.05) is 13.1 Å². The third-order valence-corrected chi connectivity index (χ3v) is 4.25. The molecule has 0 bridgehead atoms. The zero-order chi connectivity index (χ0) is 15.0. The van der Waals surface area contributed by atoms with Crippen LogP contribution in [0.3, 0.4) is 0 Å². The lowest BCUT2D eigenvalue weighted by Crippen LogP contribution is -2.25. The Morgan fingerprint density at radius 1 is 1.48 bits per heavy atom. The highest BCUT2D eigenvalue weighted by molar-refractivity contribution is 5.41. The molecule has 0 saturated carbocycles. The minimum atomic E-state index is -0.271. The highest BCUT2D eigenvalue weighted by atomic mass is 16.3. The minimum Gasteiger partial charge on any atom is -0.393 e. The fourth-order valence-electron chi connectivity index (χ4n) is 2.96. The van der Waals surface area contributed by atoms with Crippen LogP contribution in [-0.2, 0) is 6.54 Å². The second kappa shape index (κ2) is 5.58. The number of hydrogen-bond acceptors (Lipinski definition) is 4. The van der Waals surface area contributed by atoms with E-state index in [1.807, 2.05) is 26.0 Å². The monoisotopic (exact) mass is 287 g/mol. The first-order valence-corrected chi connectivity index (χ1v) is 7.42. The summed E-state index contributed by atoms with van der Waals surface area (Å²) in [6, 6.07) is 5.44. The number of fused-ring (bicyclic) bond motifs is 1. The Hall–Kier alpha value is -1.72. The number of aliphatic hydroxyl groups excluding tert-OH is 1. The van der Waals surface area contributed by atoms with Crippen molar-refractivity contribution in [1.29, 1.82) is 0 Å². The Morgan fingerprint density at radius 2 is 2.29 bits per heavy atom. The first kappa shape index (κ1) is 14.2. The van der Waals surface area contributed by atoms with E-state index in [4.69, 9.17) is 0 Å². The number of nitrogens with zero attached hydrogens (tertiary/aromatic N) is 3. The van der Waals surface area contributed by atoms with Gasteiger partial charge in [0.25, 0.3) is 5.56 Å². The van der Waals surface area contributed by atoms with Crippen LogP contribution in [0.25, 0.3) is 5.65 Å². The molecule has 0 radical (unpaired) electrons. The van der Waals surface area contributed by atoms with Crippen LogP contribution in [0.5, 0.6) is 0 Å². The molecule has 21 heavy (non-hydrogen) atoms. The van der Waals surface area contributed by atoms with Crippen molar-refractivity contribution in [1.82, 2.24) is 14.3 Å². The fraction of sp³-hybridized carbons (Fsp3) is 0.500. The van der Waals surface area contributed by atoms with Crippen molar-refractivity contribution in [2.24, 2.45) is 5.92 Å². The molecule has 2 aromatic heterocycles. The topological polar surface area (TPSA) is 57.8 Å². The first-order chi connectivity index (χ1) is 10.0. The maximum atomic E-state index is 12.1. The molecular formula is C16H21N3O2. The fourth-order valence-corrected chi connectivity index (χ4v) is 2.96. The zero-order valence-corrected chi connectivity index (χ0v) is 12.5. The number of aromatic nitrogens is 2. The van der Waals surface area contributed by atoms with Gasteiger partial charge in [-0.2, -0.15) is 0 Å². The first-order valence-electron chi connectivity index (χ1n) is 7.42. The van der Waals surface area contributed by atoms with Crippen LogP contribution in [0, 0.1) is 12.8 Å². The summed E-state index contributed by atoms with van der Waals surface area (Å²) in [6.07, 6.45) is 2.50. The van der Waals surface area contributed by atoms with Crippen LogP contribution in [-0.4, -0.2) is 38.6 Å². The van der Waals surface area contributed by atoms with Gasteiger partial charge in [-0.1, -0.05) is 0 Å². The lowest BCUT2D eigenvalue weighted by Gasteiger charge is -2.17. The van der Waals surface area contributed by atoms with Gasteiger partial charge >= 0.3 is 0 Å². The number of hydrogen-bond donors (Lipinski definition) is 1. The summed E-state index contributed by atoms with van der Waals surface area (Å²) in [4.78, 5) is 19.0. The molecule has 3 rings (SSSR count). The molecule has 2 aromatic rings. The van der Waals surface area contributed by atoms with Gasteiger partial charge in [-0.15, -0.1) is 0 Å². The summed E-state index contributed by atoms with van der Waals surface area (Å²) in [5, 5.41) is 9.66. The van der Waals surface area contributed by atoms with E-state index in [1.165, 1.54) is 0 Å². The Bertz CT molecular complexity index is 708. The van der Waals surface area contributed by atoms with Crippen molar-refractivity contribution in [3.63, 3.8) is 0 Å². The van der Waals surface area contributed by atoms with Gasteiger partial charge < -0.3 is 5.11 Å². The predicted molar refractivity (Wildman–Crippen MR) is 81.3 cm³/mol. The molecule has 1 saturated heterocycles. The molecule has 0 aromatic carbocycles. The average molecular weight is 287 g/mol. The normalized spacial score (nSPS) is 21.0. The van der Waals surface area contributed by atoms with Crippen molar-refractivity contribution >= 4 is 5.65 Å². The highest BCUT2D eigenvalue weighted by Crippen LogP contribution is 2.20. The molecule has 1 N–H and O–H groups in total. The van der Waals surface area contributed by atoms with E-state index in [0.29, 0.717) is 18.1 Å². The Kier molecular flexibility index (Phi) is 3.78. The van der Waals surface area contributed by atoms with Crippen molar-refractivity contribution in [2.45, 2.75) is 32.9 Å². The van der Waals surface area contributed by atoms with Gasteiger partial charge in [0.15, 0.2) is 0 Å². The molecule has 2 unspecified atom stereocenters. The smallest absolute Gasteiger partial charge is 0.258 e. The summed E-state index contributed by atoms with van der Waals surface area (Å²) < 4.78 is 1.57. The Morgan fingerprint density at radius 3 is 3.00 bits per heavy atom. The van der Waals surface area contributed by atoms with E-state index in [-0.39, 0.29) is 11.7 Å². The molecule has 1 aliphatic rings. The van der Waals surface area contributed by atoms with Gasteiger partial charge in [-0.05, 0) is 50.4 Å². The molecular weight excluding hydrogens is 266 g/mol. The zero-order valence-electron chi connectivity index (χ0n) is 12.5. The second-order valence-corrected chi connectivity index (χ2v) is 6.04. The summed E-state index contributed by atoms with van der Waals surface area (Å²) in [7, 11) is 0. The molecule has 0 spiro atoms. The largest absolute Gasteiger partial charge is 0.393 e. The summed E-state index contributed by atoms with van der Waals surface area (Å²) in [5.74, 6) is 0.328. The lowest BCUT2D eigenvalue weighted by molar-refractivity contribution is 0.127. The standard InChI is InChI=1S/C16H21N3O2/c1-11-3-6-19-15(7-11)17-14(8-16(19)21)10-18-5-4-13(9-18)12(2)20/h3,6-8,12-13,20H,4-5,9-10H2,1-2H3. The third kappa shape index (κ3) is 2.99. The van der Waals surface area contributed by atoms with E-state index in [9.17, 15) is 9.90 Å². The lowest BCUT2D eigenvalue weighted by atomic mass is 10.0. The number of rotatable bonds is 3. The molecule has 0 aliphatic carbocycles. The van der Waals surface area contributed by atoms with Gasteiger partial charge in [0.05, 0.1) is 11.8 Å². The number of aryl methyl sites for hydroxylation is 1. The van der Waals surface area contributed by atoms with Crippen LogP contribution in [0.4, 0.5) is 0 Å². The second-order valence-electron chi connectivity index (χ2n) is 6.04. The van der Waals surface area contributed by atoms with Crippen LogP contribution < -0.4 is 5.56 Å². The SMILES string of the molecule is Cc1ccn2c(=O)cc(CN3CCC(C(C)O)C3)nc2c1. The predicted octanol–water partition coefficient (Wildman–Crippen LogP) is 1.21. The Balaban J connectivity index is 1.83. The number of pyridine rings is 1. The Labute approximate surface area is 123 Å². The van der Waals surface area contributed by atoms with Gasteiger partial charge in [0.1, 0.15) is 5.65 Å². The molecule has 112 valence electrons. The maximum Gasteiger partial charge on any atom is 0.258 e. The van der Waals surface area contributed by atoms with Gasteiger partial charge in [0.2, 0.25) is 0 Å². The molecule has 3 heterocycles. The summed E-state index contributed by atoms with van der Waals surface area (Å²) in [6.45, 7) is 6.32. The molecule has 0 amide bonds. The number of aliphatic hydroxyl groups is 1. The van der Waals surface area contributed by atoms with Gasteiger partial charge in [0, 0.05) is 25.4 Å². The van der Waals surface area contributed by atoms with Crippen LogP contribution in [0.1, 0.15) is 24.6 Å². The van der Waals surface area contributed by atoms with E-state index in [2.05, 4.69) is 9.88 Å². The summed E-state index contributed by atoms with van der Waals surface area (Å²) in [5.41, 5.74) is 2.55. The van der Waals surface area contributed by atoms with Crippen molar-refractivity contribution < 1.29 is 5.11 Å². The van der Waals surface area contributed by atoms with Crippen molar-refractivity contribution in [3.8, 4) is 0 Å².